The number of ether oxygens (including phenoxy) is 1. The first-order valence-electron chi connectivity index (χ1n) is 6.42. The maximum atomic E-state index is 11.1. The number of hydrogen-bond donors (Lipinski definition) is 1. The van der Waals surface area contributed by atoms with Crippen molar-refractivity contribution in [3.8, 4) is 0 Å². The van der Waals surface area contributed by atoms with Crippen LogP contribution in [0.25, 0.3) is 0 Å². The lowest BCUT2D eigenvalue weighted by Gasteiger charge is -1.97. The van der Waals surface area contributed by atoms with Crippen LogP contribution >= 0.6 is 0 Å². The summed E-state index contributed by atoms with van der Waals surface area (Å²) < 4.78 is 9.35. The van der Waals surface area contributed by atoms with Crippen molar-refractivity contribution in [3.63, 3.8) is 0 Å². The lowest BCUT2D eigenvalue weighted by atomic mass is 10.4. The minimum Gasteiger partial charge on any atom is -0.460 e. The quantitative estimate of drug-likeness (QED) is 0.498. The van der Waals surface area contributed by atoms with E-state index in [0.717, 1.165) is 6.07 Å². The van der Waals surface area contributed by atoms with Gasteiger partial charge in [-0.3, -0.25) is 10.1 Å². The largest absolute Gasteiger partial charge is 0.460 e. The number of aromatic amines is 1. The number of carbonyl (C=O) groups is 1. The average molecular weight is 326 g/mol. The fourth-order valence-electron chi connectivity index (χ4n) is 1.30. The minimum atomic E-state index is -0.712. The van der Waals surface area contributed by atoms with Crippen LogP contribution in [0.2, 0.25) is 0 Å². The van der Waals surface area contributed by atoms with E-state index in [-0.39, 0.29) is 18.2 Å². The fraction of sp³-hybridized carbons (Fsp3) is 0.333. The monoisotopic (exact) mass is 326 g/mol. The third-order valence-corrected chi connectivity index (χ3v) is 2.30. The van der Waals surface area contributed by atoms with Gasteiger partial charge in [0.05, 0.1) is 12.7 Å². The van der Waals surface area contributed by atoms with Crippen LogP contribution in [-0.4, -0.2) is 32.4 Å². The smallest absolute Gasteiger partial charge is 0.433 e. The summed E-state index contributed by atoms with van der Waals surface area (Å²) in [5.41, 5.74) is 0. The molecule has 0 atom stereocenters. The molecule has 0 fully saturated rings. The number of furan rings is 1. The Kier molecular flexibility index (Phi) is 6.40. The van der Waals surface area contributed by atoms with Gasteiger partial charge in [-0.15, -0.1) is 0 Å². The van der Waals surface area contributed by atoms with E-state index in [2.05, 4.69) is 14.4 Å². The van der Waals surface area contributed by atoms with Gasteiger partial charge in [-0.1, -0.05) is 6.92 Å². The number of esters is 1. The maximum Gasteiger partial charge on any atom is 0.433 e. The molecule has 2 aromatic rings. The number of imidazole rings is 1. The van der Waals surface area contributed by atoms with Crippen molar-refractivity contribution >= 4 is 17.7 Å². The predicted molar refractivity (Wildman–Crippen MR) is 75.9 cm³/mol. The number of nitrogens with one attached hydrogen (secondary N) is 1. The molecular weight excluding hydrogens is 312 g/mol. The Morgan fingerprint density at radius 2 is 2.04 bits per heavy atom. The van der Waals surface area contributed by atoms with Crippen LogP contribution in [-0.2, 0) is 4.74 Å². The third-order valence-electron chi connectivity index (χ3n) is 2.30. The summed E-state index contributed by atoms with van der Waals surface area (Å²) >= 11 is 0. The first-order chi connectivity index (χ1) is 10.8. The molecule has 0 aliphatic carbocycles. The van der Waals surface area contributed by atoms with Gasteiger partial charge in [0.25, 0.3) is 0 Å². The van der Waals surface area contributed by atoms with E-state index in [0.29, 0.717) is 12.2 Å². The highest BCUT2D eigenvalue weighted by Gasteiger charge is 2.17. The van der Waals surface area contributed by atoms with Gasteiger partial charge in [0.15, 0.2) is 5.82 Å². The third kappa shape index (κ3) is 5.57. The average Bonchev–Trinajstić information content (AvgIpc) is 3.14. The van der Waals surface area contributed by atoms with Crippen LogP contribution in [0, 0.1) is 27.2 Å². The molecule has 0 spiro atoms. The number of hydrogen-bond acceptors (Lipinski definition) is 8. The number of nitro groups is 2. The van der Waals surface area contributed by atoms with Gasteiger partial charge < -0.3 is 19.3 Å². The summed E-state index contributed by atoms with van der Waals surface area (Å²) in [6.07, 6.45) is 1.88. The van der Waals surface area contributed by atoms with Crippen molar-refractivity contribution < 1.29 is 23.8 Å². The Morgan fingerprint density at radius 1 is 1.35 bits per heavy atom. The van der Waals surface area contributed by atoms with E-state index in [4.69, 9.17) is 4.74 Å². The SMILES string of the molecule is CCCOC(=O)c1ccc([N+](=O)[O-])o1.Cc1ncc([N+](=O)[O-])[nH]1. The molecule has 0 unspecified atom stereocenters. The molecule has 0 bridgehead atoms. The van der Waals surface area contributed by atoms with Crippen LogP contribution in [0.5, 0.6) is 0 Å². The number of carbonyl (C=O) groups excluding carboxylic acids is 1. The molecule has 0 aromatic carbocycles. The van der Waals surface area contributed by atoms with Crippen LogP contribution in [0.15, 0.2) is 22.7 Å². The van der Waals surface area contributed by atoms with Crippen molar-refractivity contribution in [1.29, 1.82) is 0 Å². The summed E-state index contributed by atoms with van der Waals surface area (Å²) in [6, 6.07) is 2.33. The van der Waals surface area contributed by atoms with E-state index < -0.39 is 21.7 Å². The summed E-state index contributed by atoms with van der Waals surface area (Å²) in [7, 11) is 0. The second-order valence-corrected chi connectivity index (χ2v) is 4.14. The molecule has 11 nitrogen and oxygen atoms in total. The second-order valence-electron chi connectivity index (χ2n) is 4.14. The zero-order valence-electron chi connectivity index (χ0n) is 12.3. The summed E-state index contributed by atoms with van der Waals surface area (Å²) in [5, 5.41) is 20.2. The fourth-order valence-corrected chi connectivity index (χ4v) is 1.30. The maximum absolute atomic E-state index is 11.1. The first-order valence-corrected chi connectivity index (χ1v) is 6.42. The van der Waals surface area contributed by atoms with Crippen molar-refractivity contribution in [2.24, 2.45) is 0 Å². The van der Waals surface area contributed by atoms with E-state index in [1.165, 1.54) is 12.3 Å². The van der Waals surface area contributed by atoms with Gasteiger partial charge in [-0.05, 0) is 17.4 Å². The number of aryl methyl sites for hydroxylation is 1. The van der Waals surface area contributed by atoms with Crippen molar-refractivity contribution in [1.82, 2.24) is 9.97 Å². The summed E-state index contributed by atoms with van der Waals surface area (Å²) in [5.74, 6) is -0.798. The van der Waals surface area contributed by atoms with Gasteiger partial charge in [-0.2, -0.15) is 0 Å². The van der Waals surface area contributed by atoms with Crippen molar-refractivity contribution in [2.45, 2.75) is 20.3 Å². The molecule has 0 amide bonds. The molecule has 2 aromatic heterocycles. The Morgan fingerprint density at radius 3 is 2.43 bits per heavy atom. The predicted octanol–water partition coefficient (Wildman–Crippen LogP) is 2.38. The normalized spacial score (nSPS) is 9.65. The molecule has 0 aliphatic heterocycles. The summed E-state index contributed by atoms with van der Waals surface area (Å²) in [6.45, 7) is 3.78. The van der Waals surface area contributed by atoms with Gasteiger partial charge in [0.2, 0.25) is 5.76 Å². The molecule has 0 aliphatic rings. The molecule has 124 valence electrons. The van der Waals surface area contributed by atoms with Gasteiger partial charge in [0.1, 0.15) is 11.1 Å². The second kappa shape index (κ2) is 8.26. The number of aromatic nitrogens is 2. The topological polar surface area (TPSA) is 154 Å². The minimum absolute atomic E-state index is 0.0625. The summed E-state index contributed by atoms with van der Waals surface area (Å²) in [4.78, 5) is 36.1. The van der Waals surface area contributed by atoms with E-state index in [1.54, 1.807) is 6.92 Å². The van der Waals surface area contributed by atoms with Crippen molar-refractivity contribution in [2.75, 3.05) is 6.61 Å². The highest BCUT2D eigenvalue weighted by Crippen LogP contribution is 2.16. The highest BCUT2D eigenvalue weighted by molar-refractivity contribution is 5.86. The van der Waals surface area contributed by atoms with Crippen LogP contribution in [0.1, 0.15) is 29.7 Å². The number of H-pyrrole nitrogens is 1. The molecular formula is C12H14N4O7. The number of nitrogens with zero attached hydrogens (tertiary/aromatic N) is 3. The Bertz CT molecular complexity index is 691. The Labute approximate surface area is 129 Å². The standard InChI is InChI=1S/C8H9NO5.C4H5N3O2/c1-2-5-13-8(10)6-3-4-7(14-6)9(11)12;1-3-5-2-4(6-3)7(8)9/h3-4H,2,5H2,1H3;2H,1H3,(H,5,6). The molecule has 0 saturated carbocycles. The van der Waals surface area contributed by atoms with Crippen LogP contribution in [0.3, 0.4) is 0 Å². The van der Waals surface area contributed by atoms with E-state index in [9.17, 15) is 25.0 Å². The Hall–Kier alpha value is -3.24. The molecule has 2 heterocycles. The zero-order chi connectivity index (χ0) is 17.4. The number of rotatable bonds is 5. The highest BCUT2D eigenvalue weighted by atomic mass is 16.7. The van der Waals surface area contributed by atoms with Crippen LogP contribution < -0.4 is 0 Å². The molecule has 23 heavy (non-hydrogen) atoms. The zero-order valence-corrected chi connectivity index (χ0v) is 12.3. The van der Waals surface area contributed by atoms with Crippen LogP contribution in [0.4, 0.5) is 11.7 Å². The van der Waals surface area contributed by atoms with Gasteiger partial charge >= 0.3 is 17.7 Å². The van der Waals surface area contributed by atoms with Gasteiger partial charge in [-0.25, -0.2) is 14.8 Å². The lowest BCUT2D eigenvalue weighted by Crippen LogP contribution is -2.04. The first kappa shape index (κ1) is 17.8. The molecule has 0 radical (unpaired) electrons. The van der Waals surface area contributed by atoms with E-state index in [1.807, 2.05) is 6.92 Å². The van der Waals surface area contributed by atoms with Gasteiger partial charge in [0, 0.05) is 6.92 Å². The molecule has 0 saturated heterocycles. The molecule has 2 rings (SSSR count). The molecule has 11 heteroatoms. The lowest BCUT2D eigenvalue weighted by molar-refractivity contribution is -0.402. The Balaban J connectivity index is 0.000000253. The van der Waals surface area contributed by atoms with E-state index >= 15 is 0 Å². The molecule has 1 N–H and O–H groups in total. The van der Waals surface area contributed by atoms with Crippen molar-refractivity contribution in [3.05, 3.63) is 50.1 Å².